The molecule has 0 fully saturated rings. The Balaban J connectivity index is 2.03. The van der Waals surface area contributed by atoms with Gasteiger partial charge in [0, 0.05) is 17.4 Å². The van der Waals surface area contributed by atoms with Crippen LogP contribution in [-0.4, -0.2) is 11.5 Å². The van der Waals surface area contributed by atoms with E-state index in [1.165, 1.54) is 17.3 Å². The Kier molecular flexibility index (Phi) is 2.95. The van der Waals surface area contributed by atoms with Gasteiger partial charge in [-0.2, -0.15) is 0 Å². The predicted molar refractivity (Wildman–Crippen MR) is 66.2 cm³/mol. The van der Waals surface area contributed by atoms with Crippen molar-refractivity contribution in [2.75, 3.05) is 11.9 Å². The molecule has 0 aliphatic carbocycles. The Morgan fingerprint density at radius 3 is 2.80 bits per heavy atom. The van der Waals surface area contributed by atoms with E-state index in [0.717, 1.165) is 18.3 Å². The molecule has 80 valence electrons. The zero-order chi connectivity index (χ0) is 10.7. The van der Waals surface area contributed by atoms with Crippen molar-refractivity contribution in [3.8, 4) is 0 Å². The zero-order valence-electron chi connectivity index (χ0n) is 9.38. The maximum Gasteiger partial charge on any atom is 0.104 e. The topological polar surface area (TPSA) is 27.8 Å². The number of fused-ring (bicyclic) bond motifs is 1. The minimum Gasteiger partial charge on any atom is -0.372 e. The molecule has 0 radical (unpaired) electrons. The van der Waals surface area contributed by atoms with E-state index in [1.54, 1.807) is 0 Å². The highest BCUT2D eigenvalue weighted by Gasteiger charge is 1.99. The Morgan fingerprint density at radius 2 is 2.07 bits per heavy atom. The van der Waals surface area contributed by atoms with Crippen LogP contribution in [0, 0.1) is 5.92 Å². The molecule has 1 aromatic carbocycles. The Labute approximate surface area is 90.7 Å². The van der Waals surface area contributed by atoms with E-state index in [1.807, 2.05) is 0 Å². The van der Waals surface area contributed by atoms with E-state index in [4.69, 9.17) is 0 Å². The third-order valence-corrected chi connectivity index (χ3v) is 2.57. The number of aromatic amines is 1. The zero-order valence-corrected chi connectivity index (χ0v) is 9.38. The Hall–Kier alpha value is -1.44. The van der Waals surface area contributed by atoms with Crippen molar-refractivity contribution in [2.24, 2.45) is 5.92 Å². The summed E-state index contributed by atoms with van der Waals surface area (Å²) in [7, 11) is 0. The second-order valence-corrected chi connectivity index (χ2v) is 4.38. The molecule has 15 heavy (non-hydrogen) atoms. The SMILES string of the molecule is CC(C)CCNc1cc2ccccc2[nH]1. The van der Waals surface area contributed by atoms with Gasteiger partial charge in [-0.05, 0) is 24.5 Å². The van der Waals surface area contributed by atoms with Gasteiger partial charge in [0.2, 0.25) is 0 Å². The molecule has 0 unspecified atom stereocenters. The van der Waals surface area contributed by atoms with Gasteiger partial charge in [-0.3, -0.25) is 0 Å². The van der Waals surface area contributed by atoms with Gasteiger partial charge in [-0.15, -0.1) is 0 Å². The van der Waals surface area contributed by atoms with Gasteiger partial charge in [0.1, 0.15) is 5.82 Å². The first-order chi connectivity index (χ1) is 7.25. The molecule has 0 aliphatic rings. The molecule has 2 rings (SSSR count). The van der Waals surface area contributed by atoms with Crippen LogP contribution in [-0.2, 0) is 0 Å². The molecule has 2 N–H and O–H groups in total. The van der Waals surface area contributed by atoms with E-state index in [2.05, 4.69) is 54.5 Å². The van der Waals surface area contributed by atoms with Crippen LogP contribution in [0.5, 0.6) is 0 Å². The number of rotatable bonds is 4. The first kappa shape index (κ1) is 10.1. The lowest BCUT2D eigenvalue weighted by Crippen LogP contribution is -2.04. The smallest absolute Gasteiger partial charge is 0.104 e. The highest BCUT2D eigenvalue weighted by molar-refractivity contribution is 5.83. The van der Waals surface area contributed by atoms with Crippen LogP contribution in [0.25, 0.3) is 10.9 Å². The van der Waals surface area contributed by atoms with Crippen LogP contribution in [0.15, 0.2) is 30.3 Å². The standard InChI is InChI=1S/C13H18N2/c1-10(2)7-8-14-13-9-11-5-3-4-6-12(11)15-13/h3-6,9-10,14-15H,7-8H2,1-2H3. The van der Waals surface area contributed by atoms with Crippen molar-refractivity contribution in [1.82, 2.24) is 4.98 Å². The van der Waals surface area contributed by atoms with Gasteiger partial charge in [-0.25, -0.2) is 0 Å². The quantitative estimate of drug-likeness (QED) is 0.778. The Bertz CT molecular complexity index is 396. The lowest BCUT2D eigenvalue weighted by Gasteiger charge is -2.05. The predicted octanol–water partition coefficient (Wildman–Crippen LogP) is 3.63. The van der Waals surface area contributed by atoms with Crippen LogP contribution < -0.4 is 5.32 Å². The second-order valence-electron chi connectivity index (χ2n) is 4.38. The summed E-state index contributed by atoms with van der Waals surface area (Å²) in [5.74, 6) is 1.87. The van der Waals surface area contributed by atoms with Crippen molar-refractivity contribution in [1.29, 1.82) is 0 Å². The van der Waals surface area contributed by atoms with Crippen LogP contribution in [0.4, 0.5) is 5.82 Å². The van der Waals surface area contributed by atoms with E-state index in [0.29, 0.717) is 0 Å². The fourth-order valence-electron chi connectivity index (χ4n) is 1.66. The molecule has 1 heterocycles. The highest BCUT2D eigenvalue weighted by Crippen LogP contribution is 2.18. The first-order valence-corrected chi connectivity index (χ1v) is 5.57. The van der Waals surface area contributed by atoms with Crippen LogP contribution >= 0.6 is 0 Å². The molecule has 2 nitrogen and oxygen atoms in total. The van der Waals surface area contributed by atoms with E-state index < -0.39 is 0 Å². The number of para-hydroxylation sites is 1. The normalized spacial score (nSPS) is 11.1. The third-order valence-electron chi connectivity index (χ3n) is 2.57. The molecule has 0 atom stereocenters. The minimum absolute atomic E-state index is 0.752. The third kappa shape index (κ3) is 2.52. The molecule has 0 spiro atoms. The van der Waals surface area contributed by atoms with Crippen LogP contribution in [0.2, 0.25) is 0 Å². The monoisotopic (exact) mass is 202 g/mol. The van der Waals surface area contributed by atoms with E-state index in [-0.39, 0.29) is 0 Å². The average molecular weight is 202 g/mol. The molecule has 1 aromatic heterocycles. The van der Waals surface area contributed by atoms with Gasteiger partial charge in [0.25, 0.3) is 0 Å². The number of hydrogen-bond acceptors (Lipinski definition) is 1. The van der Waals surface area contributed by atoms with E-state index >= 15 is 0 Å². The maximum absolute atomic E-state index is 3.41. The minimum atomic E-state index is 0.752. The molecule has 0 amide bonds. The van der Waals surface area contributed by atoms with Crippen molar-refractivity contribution < 1.29 is 0 Å². The number of nitrogens with one attached hydrogen (secondary N) is 2. The fourth-order valence-corrected chi connectivity index (χ4v) is 1.66. The summed E-state index contributed by atoms with van der Waals surface area (Å²) in [6, 6.07) is 10.5. The summed E-state index contributed by atoms with van der Waals surface area (Å²) in [5, 5.41) is 4.68. The number of anilines is 1. The number of H-pyrrole nitrogens is 1. The molecule has 0 saturated heterocycles. The molecule has 2 aromatic rings. The Morgan fingerprint density at radius 1 is 1.27 bits per heavy atom. The van der Waals surface area contributed by atoms with Crippen molar-refractivity contribution in [3.05, 3.63) is 30.3 Å². The van der Waals surface area contributed by atoms with Crippen LogP contribution in [0.1, 0.15) is 20.3 Å². The largest absolute Gasteiger partial charge is 0.372 e. The molecule has 2 heteroatoms. The van der Waals surface area contributed by atoms with Gasteiger partial charge in [0.15, 0.2) is 0 Å². The highest BCUT2D eigenvalue weighted by atomic mass is 15.0. The number of aromatic nitrogens is 1. The van der Waals surface area contributed by atoms with Gasteiger partial charge < -0.3 is 10.3 Å². The van der Waals surface area contributed by atoms with Gasteiger partial charge >= 0.3 is 0 Å². The molecular formula is C13H18N2. The lowest BCUT2D eigenvalue weighted by atomic mass is 10.1. The summed E-state index contributed by atoms with van der Waals surface area (Å²) in [6.07, 6.45) is 1.20. The van der Waals surface area contributed by atoms with Gasteiger partial charge in [-0.1, -0.05) is 32.0 Å². The second kappa shape index (κ2) is 4.39. The first-order valence-electron chi connectivity index (χ1n) is 5.57. The summed E-state index contributed by atoms with van der Waals surface area (Å²) in [5.41, 5.74) is 1.20. The van der Waals surface area contributed by atoms with Gasteiger partial charge in [0.05, 0.1) is 0 Å². The summed E-state index contributed by atoms with van der Waals surface area (Å²) < 4.78 is 0. The fraction of sp³-hybridized carbons (Fsp3) is 0.385. The molecular weight excluding hydrogens is 184 g/mol. The average Bonchev–Trinajstić information content (AvgIpc) is 2.59. The molecule has 0 bridgehead atoms. The summed E-state index contributed by atoms with van der Waals surface area (Å²) >= 11 is 0. The maximum atomic E-state index is 3.41. The van der Waals surface area contributed by atoms with Crippen LogP contribution in [0.3, 0.4) is 0 Å². The van der Waals surface area contributed by atoms with Crippen molar-refractivity contribution >= 4 is 16.7 Å². The lowest BCUT2D eigenvalue weighted by molar-refractivity contribution is 0.607. The summed E-state index contributed by atoms with van der Waals surface area (Å²) in [4.78, 5) is 3.36. The number of hydrogen-bond donors (Lipinski definition) is 2. The summed E-state index contributed by atoms with van der Waals surface area (Å²) in [6.45, 7) is 5.52. The molecule has 0 aliphatic heterocycles. The number of benzene rings is 1. The van der Waals surface area contributed by atoms with Crippen molar-refractivity contribution in [2.45, 2.75) is 20.3 Å². The van der Waals surface area contributed by atoms with Crippen molar-refractivity contribution in [3.63, 3.8) is 0 Å². The molecule has 0 saturated carbocycles. The van der Waals surface area contributed by atoms with E-state index in [9.17, 15) is 0 Å².